The summed E-state index contributed by atoms with van der Waals surface area (Å²) in [6.07, 6.45) is 2.67. The van der Waals surface area contributed by atoms with Crippen LogP contribution in [-0.4, -0.2) is 22.2 Å². The second-order valence-corrected chi connectivity index (χ2v) is 5.65. The Bertz CT molecular complexity index is 306. The Morgan fingerprint density at radius 2 is 1.75 bits per heavy atom. The molecule has 5 nitrogen and oxygen atoms in total. The monoisotopic (exact) mass is 227 g/mol. The van der Waals surface area contributed by atoms with E-state index < -0.39 is 4.92 Å². The Kier molecular flexibility index (Phi) is 4.65. The van der Waals surface area contributed by atoms with Gasteiger partial charge in [-0.2, -0.15) is 0 Å². The third kappa shape index (κ3) is 7.96. The summed E-state index contributed by atoms with van der Waals surface area (Å²) in [5, 5.41) is 13.7. The Morgan fingerprint density at radius 1 is 1.25 bits per heavy atom. The lowest BCUT2D eigenvalue weighted by atomic mass is 10.1. The lowest BCUT2D eigenvalue weighted by Gasteiger charge is -2.18. The van der Waals surface area contributed by atoms with E-state index in [-0.39, 0.29) is 16.8 Å². The van der Waals surface area contributed by atoms with E-state index in [1.165, 1.54) is 12.4 Å². The van der Waals surface area contributed by atoms with Crippen molar-refractivity contribution in [2.75, 3.05) is 0 Å². The van der Waals surface area contributed by atoms with Crippen LogP contribution in [0.25, 0.3) is 0 Å². The number of nitrogens with one attached hydrogen (secondary N) is 1. The van der Waals surface area contributed by atoms with Crippen LogP contribution in [0.2, 0.25) is 0 Å². The average molecular weight is 227 g/mol. The molecule has 0 heterocycles. The molecule has 5 heteroatoms. The fourth-order valence-corrected chi connectivity index (χ4v) is 0.687. The molecular formula is C11H21N3O2. The van der Waals surface area contributed by atoms with Crippen molar-refractivity contribution in [1.29, 1.82) is 0 Å². The number of allylic oxidation sites excluding steroid dienone is 1. The molecule has 0 rings (SSSR count). The molecule has 16 heavy (non-hydrogen) atoms. The van der Waals surface area contributed by atoms with E-state index in [0.717, 1.165) is 0 Å². The largest absolute Gasteiger partial charge is 0.381 e. The zero-order chi connectivity index (χ0) is 13.0. The van der Waals surface area contributed by atoms with E-state index >= 15 is 0 Å². The van der Waals surface area contributed by atoms with Crippen LogP contribution in [0.4, 0.5) is 0 Å². The first-order valence-electron chi connectivity index (χ1n) is 5.19. The van der Waals surface area contributed by atoms with E-state index in [9.17, 15) is 10.1 Å². The van der Waals surface area contributed by atoms with Gasteiger partial charge in [-0.1, -0.05) is 0 Å². The highest BCUT2D eigenvalue weighted by Crippen LogP contribution is 2.06. The van der Waals surface area contributed by atoms with Crippen molar-refractivity contribution in [2.45, 2.75) is 52.6 Å². The molecule has 92 valence electrons. The van der Waals surface area contributed by atoms with Crippen molar-refractivity contribution >= 4 is 6.21 Å². The minimum Gasteiger partial charge on any atom is -0.381 e. The van der Waals surface area contributed by atoms with Crippen molar-refractivity contribution in [3.63, 3.8) is 0 Å². The number of rotatable bonds is 3. The zero-order valence-corrected chi connectivity index (χ0v) is 10.9. The molecule has 0 fully saturated rings. The maximum absolute atomic E-state index is 10.7. The molecule has 0 aliphatic carbocycles. The fraction of sp³-hybridized carbons (Fsp3) is 0.727. The van der Waals surface area contributed by atoms with Crippen LogP contribution in [0.3, 0.4) is 0 Å². The Morgan fingerprint density at radius 3 is 2.06 bits per heavy atom. The molecule has 0 atom stereocenters. The van der Waals surface area contributed by atoms with Crippen LogP contribution in [0.1, 0.15) is 41.5 Å². The van der Waals surface area contributed by atoms with Gasteiger partial charge >= 0.3 is 5.70 Å². The predicted octanol–water partition coefficient (Wildman–Crippen LogP) is 2.36. The zero-order valence-electron chi connectivity index (χ0n) is 10.9. The molecule has 0 unspecified atom stereocenters. The molecular weight excluding hydrogens is 206 g/mol. The first-order valence-corrected chi connectivity index (χ1v) is 5.19. The van der Waals surface area contributed by atoms with Crippen LogP contribution in [0, 0.1) is 10.1 Å². The van der Waals surface area contributed by atoms with Gasteiger partial charge in [0.25, 0.3) is 0 Å². The third-order valence-electron chi connectivity index (χ3n) is 1.45. The van der Waals surface area contributed by atoms with Crippen molar-refractivity contribution in [3.05, 3.63) is 22.0 Å². The summed E-state index contributed by atoms with van der Waals surface area (Å²) in [6, 6.07) is 0. The van der Waals surface area contributed by atoms with Gasteiger partial charge in [0, 0.05) is 5.54 Å². The molecule has 0 aromatic rings. The molecule has 0 spiro atoms. The summed E-state index contributed by atoms with van der Waals surface area (Å²) >= 11 is 0. The van der Waals surface area contributed by atoms with Crippen molar-refractivity contribution < 1.29 is 4.92 Å². The molecule has 0 aliphatic rings. The maximum atomic E-state index is 10.7. The van der Waals surface area contributed by atoms with Gasteiger partial charge in [-0.25, -0.2) is 0 Å². The maximum Gasteiger partial charge on any atom is 0.302 e. The first-order chi connectivity index (χ1) is 7.01. The van der Waals surface area contributed by atoms with Gasteiger partial charge in [-0.15, -0.1) is 0 Å². The summed E-state index contributed by atoms with van der Waals surface area (Å²) in [5.74, 6) is 0. The van der Waals surface area contributed by atoms with Crippen LogP contribution in [0.5, 0.6) is 0 Å². The van der Waals surface area contributed by atoms with Gasteiger partial charge in [-0.3, -0.25) is 15.1 Å². The quantitative estimate of drug-likeness (QED) is 0.457. The highest BCUT2D eigenvalue weighted by atomic mass is 16.6. The van der Waals surface area contributed by atoms with E-state index in [4.69, 9.17) is 0 Å². The molecule has 0 amide bonds. The minimum absolute atomic E-state index is 0.0372. The molecule has 0 aliphatic heterocycles. The third-order valence-corrected chi connectivity index (χ3v) is 1.45. The molecule has 0 saturated carbocycles. The molecule has 0 aromatic carbocycles. The number of hydrogen-bond acceptors (Lipinski definition) is 4. The molecule has 0 bridgehead atoms. The normalized spacial score (nSPS) is 14.2. The average Bonchev–Trinajstić information content (AvgIpc) is 1.98. The summed E-state index contributed by atoms with van der Waals surface area (Å²) in [6.45, 7) is 11.5. The second-order valence-electron chi connectivity index (χ2n) is 5.65. The van der Waals surface area contributed by atoms with Gasteiger partial charge in [0.1, 0.15) is 6.21 Å². The first kappa shape index (κ1) is 14.6. The van der Waals surface area contributed by atoms with E-state index in [1.54, 1.807) is 0 Å². The van der Waals surface area contributed by atoms with Crippen molar-refractivity contribution in [2.24, 2.45) is 4.99 Å². The SMILES string of the molecule is CC(C)(C)N=C/C(=C\NC(C)(C)C)[N+](=O)[O-]. The summed E-state index contributed by atoms with van der Waals surface area (Å²) in [4.78, 5) is 14.4. The lowest BCUT2D eigenvalue weighted by molar-refractivity contribution is -0.414. The summed E-state index contributed by atoms with van der Waals surface area (Å²) in [5.41, 5.74) is -0.543. The smallest absolute Gasteiger partial charge is 0.302 e. The minimum atomic E-state index is -0.450. The standard InChI is InChI=1S/C11H21N3O2/c1-10(2,3)12-7-9(14(15)16)8-13-11(4,5)6/h7-8,12H,1-6H3/b9-7+,13-8?. The number of aliphatic imine (C=N–C) groups is 1. The number of nitrogens with zero attached hydrogens (tertiary/aromatic N) is 2. The number of hydrogen-bond donors (Lipinski definition) is 1. The van der Waals surface area contributed by atoms with Crippen molar-refractivity contribution in [1.82, 2.24) is 5.32 Å². The van der Waals surface area contributed by atoms with E-state index in [0.29, 0.717) is 0 Å². The fourth-order valence-electron chi connectivity index (χ4n) is 0.687. The molecule has 0 radical (unpaired) electrons. The van der Waals surface area contributed by atoms with Crippen molar-refractivity contribution in [3.8, 4) is 0 Å². The van der Waals surface area contributed by atoms with Gasteiger partial charge in [0.15, 0.2) is 0 Å². The van der Waals surface area contributed by atoms with Gasteiger partial charge in [0.2, 0.25) is 0 Å². The van der Waals surface area contributed by atoms with Gasteiger partial charge in [0.05, 0.1) is 16.7 Å². The van der Waals surface area contributed by atoms with Crippen LogP contribution >= 0.6 is 0 Å². The Labute approximate surface area is 96.8 Å². The second kappa shape index (κ2) is 5.09. The van der Waals surface area contributed by atoms with Gasteiger partial charge < -0.3 is 5.32 Å². The molecule has 1 N–H and O–H groups in total. The summed E-state index contributed by atoms with van der Waals surface area (Å²) in [7, 11) is 0. The number of nitro groups is 1. The molecule has 0 saturated heterocycles. The predicted molar refractivity (Wildman–Crippen MR) is 66.2 cm³/mol. The topological polar surface area (TPSA) is 67.5 Å². The van der Waals surface area contributed by atoms with E-state index in [1.807, 2.05) is 41.5 Å². The van der Waals surface area contributed by atoms with Crippen LogP contribution < -0.4 is 5.32 Å². The van der Waals surface area contributed by atoms with E-state index in [2.05, 4.69) is 10.3 Å². The Hall–Kier alpha value is -1.39. The van der Waals surface area contributed by atoms with Gasteiger partial charge in [-0.05, 0) is 41.5 Å². The molecule has 0 aromatic heterocycles. The van der Waals surface area contributed by atoms with Crippen LogP contribution in [0.15, 0.2) is 16.9 Å². The lowest BCUT2D eigenvalue weighted by Crippen LogP contribution is -2.32. The van der Waals surface area contributed by atoms with Crippen LogP contribution in [-0.2, 0) is 0 Å². The Balaban J connectivity index is 4.77. The summed E-state index contributed by atoms with van der Waals surface area (Å²) < 4.78 is 0. The highest BCUT2D eigenvalue weighted by molar-refractivity contribution is 5.75. The highest BCUT2D eigenvalue weighted by Gasteiger charge is 2.13.